The number of hydrogen-bond donors (Lipinski definition) is 1. The highest BCUT2D eigenvalue weighted by atomic mass is 19.4. The van der Waals surface area contributed by atoms with E-state index in [4.69, 9.17) is 14.2 Å². The minimum atomic E-state index is -4.43. The predicted octanol–water partition coefficient (Wildman–Crippen LogP) is 4.92. The average Bonchev–Trinajstić information content (AvgIpc) is 2.74. The summed E-state index contributed by atoms with van der Waals surface area (Å²) < 4.78 is 53.7. The molecule has 0 bridgehead atoms. The quantitative estimate of drug-likeness (QED) is 0.590. The number of carbonyl (C=O) groups excluding carboxylic acids is 1. The predicted molar refractivity (Wildman–Crippen MR) is 103 cm³/mol. The molecule has 0 saturated carbocycles. The van der Waals surface area contributed by atoms with E-state index >= 15 is 0 Å². The second kappa shape index (κ2) is 9.17. The van der Waals surface area contributed by atoms with E-state index in [-0.39, 0.29) is 11.6 Å². The number of rotatable bonds is 7. The molecule has 0 spiro atoms. The number of ether oxygens (including phenoxy) is 3. The monoisotopic (exact) mass is 418 g/mol. The molecular formula is C21H17F3N2O4. The van der Waals surface area contributed by atoms with Gasteiger partial charge in [-0.2, -0.15) is 13.2 Å². The van der Waals surface area contributed by atoms with Crippen LogP contribution in [-0.2, 0) is 11.0 Å². The Kier molecular flexibility index (Phi) is 6.41. The summed E-state index contributed by atoms with van der Waals surface area (Å²) in [4.78, 5) is 16.3. The van der Waals surface area contributed by atoms with Crippen molar-refractivity contribution in [2.75, 3.05) is 19.0 Å². The second-order valence-electron chi connectivity index (χ2n) is 5.99. The highest BCUT2D eigenvalue weighted by Crippen LogP contribution is 2.30. The van der Waals surface area contributed by atoms with Crippen molar-refractivity contribution in [2.45, 2.75) is 6.18 Å². The minimum absolute atomic E-state index is 0.138. The standard InChI is InChI=1S/C21H17F3N2O4/c1-28-15-8-10-17(11-9-15)30-20-18(3-2-12-25-20)26-19(27)13-29-16-6-4-14(5-7-16)21(22,23)24/h2-12H,13H2,1H3,(H,26,27). The Balaban J connectivity index is 1.60. The van der Waals surface area contributed by atoms with E-state index in [1.807, 2.05) is 0 Å². The Morgan fingerprint density at radius 2 is 1.60 bits per heavy atom. The summed E-state index contributed by atoms with van der Waals surface area (Å²) in [7, 11) is 1.55. The van der Waals surface area contributed by atoms with Crippen LogP contribution in [0.25, 0.3) is 0 Å². The number of nitrogens with zero attached hydrogens (tertiary/aromatic N) is 1. The van der Waals surface area contributed by atoms with E-state index in [0.717, 1.165) is 24.3 Å². The van der Waals surface area contributed by atoms with Gasteiger partial charge in [-0.3, -0.25) is 4.79 Å². The van der Waals surface area contributed by atoms with E-state index in [0.29, 0.717) is 17.2 Å². The van der Waals surface area contributed by atoms with E-state index in [1.165, 1.54) is 6.20 Å². The van der Waals surface area contributed by atoms with Gasteiger partial charge in [0.05, 0.1) is 12.7 Å². The number of amides is 1. The first kappa shape index (κ1) is 21.0. The fourth-order valence-electron chi connectivity index (χ4n) is 2.40. The first-order valence-corrected chi connectivity index (χ1v) is 8.72. The van der Waals surface area contributed by atoms with Gasteiger partial charge in [-0.1, -0.05) is 0 Å². The van der Waals surface area contributed by atoms with Gasteiger partial charge in [0.15, 0.2) is 6.61 Å². The number of anilines is 1. The smallest absolute Gasteiger partial charge is 0.416 e. The molecule has 0 saturated heterocycles. The maximum atomic E-state index is 12.6. The Morgan fingerprint density at radius 1 is 0.967 bits per heavy atom. The van der Waals surface area contributed by atoms with Crippen LogP contribution in [0.5, 0.6) is 23.1 Å². The normalized spacial score (nSPS) is 10.9. The topological polar surface area (TPSA) is 69.7 Å². The van der Waals surface area contributed by atoms with Crippen LogP contribution >= 0.6 is 0 Å². The van der Waals surface area contributed by atoms with Crippen molar-refractivity contribution in [3.05, 3.63) is 72.4 Å². The van der Waals surface area contributed by atoms with Crippen LogP contribution in [0.2, 0.25) is 0 Å². The third-order valence-electron chi connectivity index (χ3n) is 3.87. The summed E-state index contributed by atoms with van der Waals surface area (Å²) >= 11 is 0. The first-order chi connectivity index (χ1) is 14.3. The van der Waals surface area contributed by atoms with Gasteiger partial charge >= 0.3 is 6.18 Å². The fraction of sp³-hybridized carbons (Fsp3) is 0.143. The number of aromatic nitrogens is 1. The maximum Gasteiger partial charge on any atom is 0.416 e. The molecule has 0 aliphatic carbocycles. The zero-order valence-corrected chi connectivity index (χ0v) is 15.8. The lowest BCUT2D eigenvalue weighted by atomic mass is 10.2. The van der Waals surface area contributed by atoms with Crippen LogP contribution in [0.15, 0.2) is 66.9 Å². The number of pyridine rings is 1. The number of alkyl halides is 3. The summed E-state index contributed by atoms with van der Waals surface area (Å²) in [6, 6.07) is 14.1. The molecule has 0 radical (unpaired) electrons. The van der Waals surface area contributed by atoms with Crippen molar-refractivity contribution in [3.63, 3.8) is 0 Å². The lowest BCUT2D eigenvalue weighted by Crippen LogP contribution is -2.20. The Labute approximate surface area is 170 Å². The Bertz CT molecular complexity index is 990. The Morgan fingerprint density at radius 3 is 2.23 bits per heavy atom. The summed E-state index contributed by atoms with van der Waals surface area (Å²) in [6.45, 7) is -0.401. The number of nitrogens with one attached hydrogen (secondary N) is 1. The summed E-state index contributed by atoms with van der Waals surface area (Å²) in [5.74, 6) is 0.940. The molecule has 0 unspecified atom stereocenters. The van der Waals surface area contributed by atoms with Crippen LogP contribution in [0, 0.1) is 0 Å². The molecule has 1 aromatic heterocycles. The van der Waals surface area contributed by atoms with Crippen LogP contribution in [-0.4, -0.2) is 24.6 Å². The van der Waals surface area contributed by atoms with Crippen molar-refractivity contribution < 1.29 is 32.2 Å². The van der Waals surface area contributed by atoms with Crippen molar-refractivity contribution in [1.82, 2.24) is 4.98 Å². The number of benzene rings is 2. The van der Waals surface area contributed by atoms with Crippen molar-refractivity contribution in [1.29, 1.82) is 0 Å². The summed E-state index contributed by atoms with van der Waals surface area (Å²) in [5, 5.41) is 2.60. The van der Waals surface area contributed by atoms with Crippen LogP contribution < -0.4 is 19.5 Å². The van der Waals surface area contributed by atoms with E-state index < -0.39 is 24.3 Å². The molecule has 0 fully saturated rings. The fourth-order valence-corrected chi connectivity index (χ4v) is 2.40. The highest BCUT2D eigenvalue weighted by molar-refractivity contribution is 5.93. The molecule has 1 amide bonds. The maximum absolute atomic E-state index is 12.6. The lowest BCUT2D eigenvalue weighted by molar-refractivity contribution is -0.137. The van der Waals surface area contributed by atoms with Gasteiger partial charge in [-0.25, -0.2) is 4.98 Å². The highest BCUT2D eigenvalue weighted by Gasteiger charge is 2.30. The zero-order chi connectivity index (χ0) is 21.6. The number of hydrogen-bond acceptors (Lipinski definition) is 5. The minimum Gasteiger partial charge on any atom is -0.497 e. The average molecular weight is 418 g/mol. The molecule has 1 heterocycles. The van der Waals surface area contributed by atoms with Gasteiger partial charge in [0, 0.05) is 6.20 Å². The van der Waals surface area contributed by atoms with Crippen molar-refractivity contribution >= 4 is 11.6 Å². The van der Waals surface area contributed by atoms with E-state index in [9.17, 15) is 18.0 Å². The number of methoxy groups -OCH3 is 1. The molecule has 3 aromatic rings. The molecule has 0 aliphatic heterocycles. The van der Waals surface area contributed by atoms with E-state index in [1.54, 1.807) is 43.5 Å². The molecule has 3 rings (SSSR count). The van der Waals surface area contributed by atoms with Crippen LogP contribution in [0.3, 0.4) is 0 Å². The van der Waals surface area contributed by atoms with Gasteiger partial charge in [-0.05, 0) is 60.7 Å². The largest absolute Gasteiger partial charge is 0.497 e. The molecule has 156 valence electrons. The molecule has 1 N–H and O–H groups in total. The Hall–Kier alpha value is -3.75. The van der Waals surface area contributed by atoms with Gasteiger partial charge in [0.1, 0.15) is 22.9 Å². The van der Waals surface area contributed by atoms with Crippen LogP contribution in [0.4, 0.5) is 18.9 Å². The van der Waals surface area contributed by atoms with Crippen molar-refractivity contribution in [3.8, 4) is 23.1 Å². The lowest BCUT2D eigenvalue weighted by Gasteiger charge is -2.12. The van der Waals surface area contributed by atoms with Gasteiger partial charge in [0.2, 0.25) is 5.88 Å². The molecule has 0 aliphatic rings. The second-order valence-corrected chi connectivity index (χ2v) is 5.99. The van der Waals surface area contributed by atoms with Crippen LogP contribution in [0.1, 0.15) is 5.56 Å². The number of carbonyl (C=O) groups is 1. The number of halogens is 3. The molecular weight excluding hydrogens is 401 g/mol. The molecule has 2 aromatic carbocycles. The van der Waals surface area contributed by atoms with Gasteiger partial charge in [-0.15, -0.1) is 0 Å². The van der Waals surface area contributed by atoms with Crippen molar-refractivity contribution in [2.24, 2.45) is 0 Å². The van der Waals surface area contributed by atoms with E-state index in [2.05, 4.69) is 10.3 Å². The molecule has 0 atom stereocenters. The summed E-state index contributed by atoms with van der Waals surface area (Å²) in [6.07, 6.45) is -2.93. The molecule has 9 heteroatoms. The van der Waals surface area contributed by atoms with Gasteiger partial charge in [0.25, 0.3) is 5.91 Å². The molecule has 6 nitrogen and oxygen atoms in total. The third-order valence-corrected chi connectivity index (χ3v) is 3.87. The molecule has 30 heavy (non-hydrogen) atoms. The summed E-state index contributed by atoms with van der Waals surface area (Å²) in [5.41, 5.74) is -0.482. The SMILES string of the molecule is COc1ccc(Oc2ncccc2NC(=O)COc2ccc(C(F)(F)F)cc2)cc1. The zero-order valence-electron chi connectivity index (χ0n) is 15.8. The third kappa shape index (κ3) is 5.63. The van der Waals surface area contributed by atoms with Gasteiger partial charge < -0.3 is 19.5 Å². The first-order valence-electron chi connectivity index (χ1n) is 8.72.